The Morgan fingerprint density at radius 3 is 2.56 bits per heavy atom. The Morgan fingerprint density at radius 2 is 1.94 bits per heavy atom. The highest BCUT2D eigenvalue weighted by Crippen LogP contribution is 2.38. The highest BCUT2D eigenvalue weighted by atomic mass is 35.5. The zero-order chi connectivity index (χ0) is 23.4. The zero-order valence-corrected chi connectivity index (χ0v) is 18.9. The minimum absolute atomic E-state index is 0.167. The van der Waals surface area contributed by atoms with Crippen LogP contribution in [0.3, 0.4) is 0 Å². The number of methoxy groups -OCH3 is 2. The Hall–Kier alpha value is -3.46. The smallest absolute Gasteiger partial charge is 0.405 e. The number of imidazole rings is 1. The van der Waals surface area contributed by atoms with Gasteiger partial charge in [-0.3, -0.25) is 4.79 Å². The fourth-order valence-corrected chi connectivity index (χ4v) is 3.55. The van der Waals surface area contributed by atoms with Gasteiger partial charge in [-0.25, -0.2) is 9.78 Å². The second-order valence-corrected chi connectivity index (χ2v) is 7.70. The van der Waals surface area contributed by atoms with Crippen LogP contribution < -0.4 is 20.1 Å². The number of carboxylic acid groups (broad SMARTS) is 1. The molecule has 0 spiro atoms. The maximum absolute atomic E-state index is 12.7. The van der Waals surface area contributed by atoms with Crippen LogP contribution in [0, 0.1) is 5.92 Å². The molecule has 0 saturated carbocycles. The number of anilines is 1. The van der Waals surface area contributed by atoms with E-state index < -0.39 is 18.0 Å². The molecule has 2 atom stereocenters. The quantitative estimate of drug-likeness (QED) is 0.462. The fourth-order valence-electron chi connectivity index (χ4n) is 3.30. The SMILES string of the molecule is CC[C@@H](C)[C@H](NC(=O)O)C(=O)Nc1ccn2cc(-c3cc(Cl)c(OC)cc3OC)nc2c1. The first-order chi connectivity index (χ1) is 15.3. The molecule has 2 heterocycles. The number of hydrogen-bond donors (Lipinski definition) is 3. The van der Waals surface area contributed by atoms with Gasteiger partial charge in [0.1, 0.15) is 23.2 Å². The normalized spacial score (nSPS) is 12.8. The van der Waals surface area contributed by atoms with Crippen LogP contribution in [0.1, 0.15) is 20.3 Å². The van der Waals surface area contributed by atoms with E-state index in [1.807, 2.05) is 20.0 Å². The number of benzene rings is 1. The number of fused-ring (bicyclic) bond motifs is 1. The van der Waals surface area contributed by atoms with Crippen LogP contribution in [0.4, 0.5) is 10.5 Å². The summed E-state index contributed by atoms with van der Waals surface area (Å²) in [6, 6.07) is 5.96. The molecular weight excluding hydrogens is 436 g/mol. The molecule has 0 aliphatic carbocycles. The van der Waals surface area contributed by atoms with Crippen molar-refractivity contribution < 1.29 is 24.2 Å². The van der Waals surface area contributed by atoms with Gasteiger partial charge in [0.25, 0.3) is 0 Å². The van der Waals surface area contributed by atoms with E-state index >= 15 is 0 Å². The summed E-state index contributed by atoms with van der Waals surface area (Å²) < 4.78 is 12.5. The molecule has 0 fully saturated rings. The van der Waals surface area contributed by atoms with E-state index in [1.165, 1.54) is 7.11 Å². The monoisotopic (exact) mass is 460 g/mol. The van der Waals surface area contributed by atoms with E-state index in [-0.39, 0.29) is 5.92 Å². The first-order valence-electron chi connectivity index (χ1n) is 9.98. The molecule has 2 amide bonds. The van der Waals surface area contributed by atoms with Crippen molar-refractivity contribution in [2.75, 3.05) is 19.5 Å². The summed E-state index contributed by atoms with van der Waals surface area (Å²) in [5.74, 6) is 0.452. The van der Waals surface area contributed by atoms with Gasteiger partial charge in [-0.2, -0.15) is 0 Å². The van der Waals surface area contributed by atoms with Gasteiger partial charge >= 0.3 is 6.09 Å². The van der Waals surface area contributed by atoms with Crippen molar-refractivity contribution in [3.63, 3.8) is 0 Å². The lowest BCUT2D eigenvalue weighted by Gasteiger charge is -2.22. The van der Waals surface area contributed by atoms with Gasteiger partial charge < -0.3 is 29.6 Å². The summed E-state index contributed by atoms with van der Waals surface area (Å²) in [4.78, 5) is 28.4. The molecule has 0 unspecified atom stereocenters. The molecule has 2 aromatic heterocycles. The van der Waals surface area contributed by atoms with Gasteiger partial charge in [0.15, 0.2) is 0 Å². The maximum Gasteiger partial charge on any atom is 0.405 e. The molecule has 3 aromatic rings. The second-order valence-electron chi connectivity index (χ2n) is 7.30. The van der Waals surface area contributed by atoms with Crippen molar-refractivity contribution in [2.45, 2.75) is 26.3 Å². The van der Waals surface area contributed by atoms with Crippen molar-refractivity contribution in [1.29, 1.82) is 0 Å². The summed E-state index contributed by atoms with van der Waals surface area (Å²) in [6.45, 7) is 3.71. The van der Waals surface area contributed by atoms with Crippen molar-refractivity contribution in [2.24, 2.45) is 5.92 Å². The van der Waals surface area contributed by atoms with Crippen LogP contribution in [-0.4, -0.2) is 46.8 Å². The van der Waals surface area contributed by atoms with Crippen molar-refractivity contribution in [3.05, 3.63) is 41.7 Å². The number of amides is 2. The maximum atomic E-state index is 12.7. The number of hydrogen-bond acceptors (Lipinski definition) is 5. The van der Waals surface area contributed by atoms with E-state index in [4.69, 9.17) is 26.2 Å². The van der Waals surface area contributed by atoms with Gasteiger partial charge in [0.05, 0.1) is 24.9 Å². The van der Waals surface area contributed by atoms with Gasteiger partial charge in [-0.15, -0.1) is 0 Å². The number of nitrogens with zero attached hydrogens (tertiary/aromatic N) is 2. The van der Waals surface area contributed by atoms with Crippen LogP contribution in [0.15, 0.2) is 36.7 Å². The summed E-state index contributed by atoms with van der Waals surface area (Å²) in [5, 5.41) is 14.5. The number of halogens is 1. The molecule has 3 N–H and O–H groups in total. The second kappa shape index (κ2) is 9.78. The van der Waals surface area contributed by atoms with Crippen LogP contribution in [0.2, 0.25) is 5.02 Å². The Balaban J connectivity index is 1.91. The fraction of sp³-hybridized carbons (Fsp3) is 0.318. The largest absolute Gasteiger partial charge is 0.496 e. The molecular formula is C22H25ClN4O5. The summed E-state index contributed by atoms with van der Waals surface area (Å²) >= 11 is 6.28. The third kappa shape index (κ3) is 4.88. The average Bonchev–Trinajstić information content (AvgIpc) is 3.19. The third-order valence-electron chi connectivity index (χ3n) is 5.25. The summed E-state index contributed by atoms with van der Waals surface area (Å²) in [7, 11) is 3.08. The summed E-state index contributed by atoms with van der Waals surface area (Å²) in [6.07, 6.45) is 2.97. The van der Waals surface area contributed by atoms with Crippen molar-refractivity contribution >= 4 is 34.9 Å². The highest BCUT2D eigenvalue weighted by Gasteiger charge is 2.26. The number of rotatable bonds is 8. The predicted octanol–water partition coefficient (Wildman–Crippen LogP) is 4.29. The lowest BCUT2D eigenvalue weighted by molar-refractivity contribution is -0.119. The molecule has 0 aliphatic heterocycles. The number of ether oxygens (including phenoxy) is 2. The van der Waals surface area contributed by atoms with E-state index in [0.29, 0.717) is 45.5 Å². The molecule has 10 heteroatoms. The van der Waals surface area contributed by atoms with Gasteiger partial charge in [0, 0.05) is 35.8 Å². The Bertz CT molecular complexity index is 1150. The highest BCUT2D eigenvalue weighted by molar-refractivity contribution is 6.32. The minimum atomic E-state index is -1.24. The number of carbonyl (C=O) groups is 2. The molecule has 0 aliphatic rings. The predicted molar refractivity (Wildman–Crippen MR) is 122 cm³/mol. The molecule has 3 rings (SSSR count). The number of pyridine rings is 1. The first-order valence-corrected chi connectivity index (χ1v) is 10.4. The van der Waals surface area contributed by atoms with E-state index in [2.05, 4.69) is 15.6 Å². The van der Waals surface area contributed by atoms with Gasteiger partial charge in [0.2, 0.25) is 5.91 Å². The number of carbonyl (C=O) groups excluding carboxylic acids is 1. The lowest BCUT2D eigenvalue weighted by Crippen LogP contribution is -2.47. The topological polar surface area (TPSA) is 114 Å². The molecule has 9 nitrogen and oxygen atoms in total. The molecule has 0 bridgehead atoms. The van der Waals surface area contributed by atoms with E-state index in [9.17, 15) is 9.59 Å². The van der Waals surface area contributed by atoms with Gasteiger partial charge in [-0.1, -0.05) is 31.9 Å². The number of aromatic nitrogens is 2. The molecule has 0 saturated heterocycles. The van der Waals surface area contributed by atoms with Crippen LogP contribution in [-0.2, 0) is 4.79 Å². The van der Waals surface area contributed by atoms with E-state index in [1.54, 1.807) is 42.0 Å². The Morgan fingerprint density at radius 1 is 1.22 bits per heavy atom. The van der Waals surface area contributed by atoms with Crippen LogP contribution >= 0.6 is 11.6 Å². The lowest BCUT2D eigenvalue weighted by atomic mass is 9.98. The standard InChI is InChI=1S/C22H25ClN4O5/c1-5-12(2)20(26-22(29)30)21(28)24-13-6-7-27-11-16(25-19(27)8-13)14-9-15(23)18(32-4)10-17(14)31-3/h6-12,20,26H,5H2,1-4H3,(H,24,28)(H,29,30)/t12-,20+/m1/s1. The van der Waals surface area contributed by atoms with Crippen LogP contribution in [0.5, 0.6) is 11.5 Å². The Labute approximate surface area is 190 Å². The minimum Gasteiger partial charge on any atom is -0.496 e. The van der Waals surface area contributed by atoms with E-state index in [0.717, 1.165) is 0 Å². The molecule has 32 heavy (non-hydrogen) atoms. The van der Waals surface area contributed by atoms with Crippen LogP contribution in [0.25, 0.3) is 16.9 Å². The third-order valence-corrected chi connectivity index (χ3v) is 5.55. The molecule has 0 radical (unpaired) electrons. The van der Waals surface area contributed by atoms with Crippen molar-refractivity contribution in [3.8, 4) is 22.8 Å². The van der Waals surface area contributed by atoms with Gasteiger partial charge in [-0.05, 0) is 18.1 Å². The summed E-state index contributed by atoms with van der Waals surface area (Å²) in [5.41, 5.74) is 2.40. The Kier molecular flexibility index (Phi) is 7.09. The molecule has 1 aromatic carbocycles. The number of nitrogens with one attached hydrogen (secondary N) is 2. The zero-order valence-electron chi connectivity index (χ0n) is 18.2. The average molecular weight is 461 g/mol. The van der Waals surface area contributed by atoms with Crippen molar-refractivity contribution in [1.82, 2.24) is 14.7 Å². The first kappa shape index (κ1) is 23.2. The molecule has 170 valence electrons.